The van der Waals surface area contributed by atoms with E-state index < -0.39 is 11.2 Å². The summed E-state index contributed by atoms with van der Waals surface area (Å²) in [5, 5.41) is 3.21. The SMILES string of the molecule is CCC(C)NC(=O)Cn1c(=O)n(-c2ccccc2OC)c(=O)c2ccccc21. The minimum atomic E-state index is -0.590. The third-order valence-electron chi connectivity index (χ3n) is 4.70. The molecule has 0 aliphatic carbocycles. The predicted octanol–water partition coefficient (Wildman–Crippen LogP) is 2.08. The van der Waals surface area contributed by atoms with Crippen molar-refractivity contribution in [2.75, 3.05) is 7.11 Å². The molecule has 0 fully saturated rings. The van der Waals surface area contributed by atoms with Gasteiger partial charge in [0.05, 0.1) is 23.7 Å². The number of rotatable bonds is 6. The number of fused-ring (bicyclic) bond motifs is 1. The van der Waals surface area contributed by atoms with E-state index >= 15 is 0 Å². The molecule has 0 bridgehead atoms. The number of para-hydroxylation sites is 3. The lowest BCUT2D eigenvalue weighted by Crippen LogP contribution is -2.43. The van der Waals surface area contributed by atoms with Crippen molar-refractivity contribution in [2.24, 2.45) is 0 Å². The minimum Gasteiger partial charge on any atom is -0.495 e. The van der Waals surface area contributed by atoms with E-state index in [4.69, 9.17) is 4.74 Å². The van der Waals surface area contributed by atoms with Gasteiger partial charge in [-0.3, -0.25) is 14.2 Å². The second-order valence-electron chi connectivity index (χ2n) is 6.58. The van der Waals surface area contributed by atoms with Crippen LogP contribution in [0.3, 0.4) is 0 Å². The van der Waals surface area contributed by atoms with Crippen LogP contribution >= 0.6 is 0 Å². The van der Waals surface area contributed by atoms with Gasteiger partial charge in [0.15, 0.2) is 0 Å². The maximum Gasteiger partial charge on any atom is 0.336 e. The topological polar surface area (TPSA) is 82.3 Å². The minimum absolute atomic E-state index is 0.00501. The first kappa shape index (κ1) is 19.4. The number of benzene rings is 2. The van der Waals surface area contributed by atoms with Crippen LogP contribution in [-0.2, 0) is 11.3 Å². The number of carbonyl (C=O) groups is 1. The maximum atomic E-state index is 13.3. The van der Waals surface area contributed by atoms with Crippen molar-refractivity contribution in [1.82, 2.24) is 14.5 Å². The Labute approximate surface area is 162 Å². The van der Waals surface area contributed by atoms with Gasteiger partial charge in [0.1, 0.15) is 12.3 Å². The van der Waals surface area contributed by atoms with Crippen molar-refractivity contribution in [3.63, 3.8) is 0 Å². The zero-order valence-electron chi connectivity index (χ0n) is 16.1. The lowest BCUT2D eigenvalue weighted by atomic mass is 10.2. The summed E-state index contributed by atoms with van der Waals surface area (Å²) >= 11 is 0. The predicted molar refractivity (Wildman–Crippen MR) is 108 cm³/mol. The summed E-state index contributed by atoms with van der Waals surface area (Å²) in [4.78, 5) is 38.8. The van der Waals surface area contributed by atoms with E-state index in [1.807, 2.05) is 13.8 Å². The van der Waals surface area contributed by atoms with Crippen molar-refractivity contribution in [3.05, 3.63) is 69.4 Å². The zero-order chi connectivity index (χ0) is 20.3. The van der Waals surface area contributed by atoms with E-state index in [0.717, 1.165) is 11.0 Å². The van der Waals surface area contributed by atoms with Crippen LogP contribution in [0, 0.1) is 0 Å². The third kappa shape index (κ3) is 3.55. The zero-order valence-corrected chi connectivity index (χ0v) is 16.1. The van der Waals surface area contributed by atoms with Gasteiger partial charge >= 0.3 is 5.69 Å². The van der Waals surface area contributed by atoms with E-state index in [1.54, 1.807) is 48.5 Å². The molecule has 0 radical (unpaired) electrons. The molecule has 1 unspecified atom stereocenters. The molecule has 1 N–H and O–H groups in total. The fraction of sp³-hybridized carbons (Fsp3) is 0.286. The molecule has 3 rings (SSSR count). The molecule has 146 valence electrons. The second-order valence-corrected chi connectivity index (χ2v) is 6.58. The highest BCUT2D eigenvalue weighted by molar-refractivity contribution is 5.82. The number of amides is 1. The summed E-state index contributed by atoms with van der Waals surface area (Å²) < 4.78 is 7.70. The summed E-state index contributed by atoms with van der Waals surface area (Å²) in [6.07, 6.45) is 0.780. The third-order valence-corrected chi connectivity index (χ3v) is 4.70. The molecule has 7 heteroatoms. The smallest absolute Gasteiger partial charge is 0.336 e. The fourth-order valence-corrected chi connectivity index (χ4v) is 3.07. The molecule has 0 saturated carbocycles. The second kappa shape index (κ2) is 8.12. The molecule has 28 heavy (non-hydrogen) atoms. The van der Waals surface area contributed by atoms with Crippen molar-refractivity contribution < 1.29 is 9.53 Å². The molecule has 0 aliphatic heterocycles. The molecule has 1 amide bonds. The highest BCUT2D eigenvalue weighted by Crippen LogP contribution is 2.20. The number of methoxy groups -OCH3 is 1. The summed E-state index contributed by atoms with van der Waals surface area (Å²) in [6, 6.07) is 13.6. The van der Waals surface area contributed by atoms with Gasteiger partial charge in [0, 0.05) is 6.04 Å². The van der Waals surface area contributed by atoms with Crippen LogP contribution in [0.1, 0.15) is 20.3 Å². The van der Waals surface area contributed by atoms with E-state index in [1.165, 1.54) is 11.7 Å². The van der Waals surface area contributed by atoms with Crippen LogP contribution < -0.4 is 21.3 Å². The standard InChI is InChI=1S/C21H23N3O4/c1-4-14(2)22-19(25)13-23-16-10-6-5-9-15(16)20(26)24(21(23)27)17-11-7-8-12-18(17)28-3/h5-12,14H,4,13H2,1-3H3,(H,22,25). The van der Waals surface area contributed by atoms with Crippen molar-refractivity contribution in [3.8, 4) is 11.4 Å². The molecule has 1 atom stereocenters. The Balaban J connectivity index is 2.26. The number of hydrogen-bond donors (Lipinski definition) is 1. The molecule has 0 spiro atoms. The van der Waals surface area contributed by atoms with E-state index in [9.17, 15) is 14.4 Å². The number of nitrogens with zero attached hydrogens (tertiary/aromatic N) is 2. The van der Waals surface area contributed by atoms with Crippen LogP contribution in [0.25, 0.3) is 16.6 Å². The monoisotopic (exact) mass is 381 g/mol. The van der Waals surface area contributed by atoms with Crippen LogP contribution in [0.5, 0.6) is 5.75 Å². The first-order valence-electron chi connectivity index (χ1n) is 9.15. The van der Waals surface area contributed by atoms with Gasteiger partial charge in [0.25, 0.3) is 5.56 Å². The van der Waals surface area contributed by atoms with E-state index in [2.05, 4.69) is 5.32 Å². The largest absolute Gasteiger partial charge is 0.495 e. The number of hydrogen-bond acceptors (Lipinski definition) is 4. The lowest BCUT2D eigenvalue weighted by Gasteiger charge is -2.17. The molecule has 3 aromatic rings. The van der Waals surface area contributed by atoms with E-state index in [-0.39, 0.29) is 18.5 Å². The van der Waals surface area contributed by atoms with Gasteiger partial charge in [-0.15, -0.1) is 0 Å². The molecular weight excluding hydrogens is 358 g/mol. The maximum absolute atomic E-state index is 13.3. The quantitative estimate of drug-likeness (QED) is 0.709. The molecule has 2 aromatic carbocycles. The molecular formula is C21H23N3O4. The number of nitrogens with one attached hydrogen (secondary N) is 1. The van der Waals surface area contributed by atoms with Crippen LogP contribution in [0.4, 0.5) is 0 Å². The number of aromatic nitrogens is 2. The Morgan fingerprint density at radius 3 is 2.50 bits per heavy atom. The van der Waals surface area contributed by atoms with Crippen LogP contribution in [-0.4, -0.2) is 28.2 Å². The van der Waals surface area contributed by atoms with Gasteiger partial charge in [-0.05, 0) is 37.6 Å². The number of ether oxygens (including phenoxy) is 1. The Bertz CT molecular complexity index is 1130. The molecule has 7 nitrogen and oxygen atoms in total. The summed E-state index contributed by atoms with van der Waals surface area (Å²) in [7, 11) is 1.48. The van der Waals surface area contributed by atoms with Gasteiger partial charge < -0.3 is 10.1 Å². The highest BCUT2D eigenvalue weighted by atomic mass is 16.5. The number of carbonyl (C=O) groups excluding carboxylic acids is 1. The fourth-order valence-electron chi connectivity index (χ4n) is 3.07. The summed E-state index contributed by atoms with van der Waals surface area (Å²) in [6.45, 7) is 3.68. The Hall–Kier alpha value is -3.35. The van der Waals surface area contributed by atoms with Crippen molar-refractivity contribution in [1.29, 1.82) is 0 Å². The average molecular weight is 381 g/mol. The van der Waals surface area contributed by atoms with Crippen LogP contribution in [0.2, 0.25) is 0 Å². The molecule has 1 heterocycles. The van der Waals surface area contributed by atoms with Crippen molar-refractivity contribution >= 4 is 16.8 Å². The summed E-state index contributed by atoms with van der Waals surface area (Å²) in [5.74, 6) is 0.111. The van der Waals surface area contributed by atoms with Crippen molar-refractivity contribution in [2.45, 2.75) is 32.9 Å². The van der Waals surface area contributed by atoms with Gasteiger partial charge in [-0.25, -0.2) is 9.36 Å². The highest BCUT2D eigenvalue weighted by Gasteiger charge is 2.18. The summed E-state index contributed by atoms with van der Waals surface area (Å²) in [5.41, 5.74) is -0.291. The van der Waals surface area contributed by atoms with Crippen LogP contribution in [0.15, 0.2) is 58.1 Å². The first-order valence-corrected chi connectivity index (χ1v) is 9.15. The Morgan fingerprint density at radius 1 is 1.11 bits per heavy atom. The van der Waals surface area contributed by atoms with Gasteiger partial charge in [0.2, 0.25) is 5.91 Å². The molecule has 0 aliphatic rings. The Morgan fingerprint density at radius 2 is 1.79 bits per heavy atom. The van der Waals surface area contributed by atoms with Gasteiger partial charge in [-0.2, -0.15) is 0 Å². The molecule has 1 aromatic heterocycles. The average Bonchev–Trinajstić information content (AvgIpc) is 2.71. The molecule has 0 saturated heterocycles. The first-order chi connectivity index (χ1) is 13.5. The van der Waals surface area contributed by atoms with E-state index in [0.29, 0.717) is 22.3 Å². The normalized spacial score (nSPS) is 12.0. The van der Waals surface area contributed by atoms with Gasteiger partial charge in [-0.1, -0.05) is 31.2 Å². The Kier molecular flexibility index (Phi) is 5.63. The lowest BCUT2D eigenvalue weighted by molar-refractivity contribution is -0.122.